The molecule has 0 saturated heterocycles. The standard InChI is InChI=1S/C48H31N3O2/c1-3-15-32(16-4-1)36-19-7-9-21-39(36)49(34-27-28-41-38(29-34)37-20-8-10-22-40(37)50(41)33-17-5-2-6-18-33)35-30-46-48-47(31-35)53-45-26-14-12-24-43(45)51(48)42-23-11-13-25-44(42)52-46/h1-31H. The van der Waals surface area contributed by atoms with Gasteiger partial charge in [0.2, 0.25) is 0 Å². The fourth-order valence-electron chi connectivity index (χ4n) is 8.05. The van der Waals surface area contributed by atoms with Gasteiger partial charge >= 0.3 is 0 Å². The second-order valence-corrected chi connectivity index (χ2v) is 13.4. The third-order valence-corrected chi connectivity index (χ3v) is 10.3. The summed E-state index contributed by atoms with van der Waals surface area (Å²) in [7, 11) is 0. The summed E-state index contributed by atoms with van der Waals surface area (Å²) in [5.41, 5.74) is 11.5. The van der Waals surface area contributed by atoms with Crippen molar-refractivity contribution in [1.82, 2.24) is 4.57 Å². The Kier molecular flexibility index (Phi) is 6.48. The van der Waals surface area contributed by atoms with Gasteiger partial charge < -0.3 is 18.9 Å². The number of rotatable bonds is 5. The largest absolute Gasteiger partial charge is 0.453 e. The first kappa shape index (κ1) is 29.5. The van der Waals surface area contributed by atoms with Gasteiger partial charge in [0.1, 0.15) is 5.69 Å². The van der Waals surface area contributed by atoms with Crippen LogP contribution in [0.25, 0.3) is 38.6 Å². The van der Waals surface area contributed by atoms with E-state index in [0.717, 1.165) is 79.5 Å². The lowest BCUT2D eigenvalue weighted by atomic mass is 10.0. The van der Waals surface area contributed by atoms with E-state index in [1.165, 1.54) is 16.3 Å². The third-order valence-electron chi connectivity index (χ3n) is 10.3. The van der Waals surface area contributed by atoms with E-state index in [1.807, 2.05) is 36.4 Å². The Bertz CT molecular complexity index is 2790. The molecular weight excluding hydrogens is 651 g/mol. The fraction of sp³-hybridized carbons (Fsp3) is 0. The lowest BCUT2D eigenvalue weighted by molar-refractivity contribution is 0.446. The van der Waals surface area contributed by atoms with Crippen LogP contribution in [-0.2, 0) is 0 Å². The quantitative estimate of drug-likeness (QED) is 0.181. The van der Waals surface area contributed by atoms with Gasteiger partial charge in [0.05, 0.1) is 33.8 Å². The Morgan fingerprint density at radius 2 is 1.00 bits per heavy atom. The van der Waals surface area contributed by atoms with Gasteiger partial charge in [0, 0.05) is 39.8 Å². The summed E-state index contributed by atoms with van der Waals surface area (Å²) in [4.78, 5) is 4.60. The molecule has 3 heterocycles. The lowest BCUT2D eigenvalue weighted by Crippen LogP contribution is -2.21. The summed E-state index contributed by atoms with van der Waals surface area (Å²) in [6.45, 7) is 0. The average Bonchev–Trinajstić information content (AvgIpc) is 3.55. The number of benzene rings is 8. The molecular formula is C48H31N3O2. The Morgan fingerprint density at radius 1 is 0.415 bits per heavy atom. The number of aromatic nitrogens is 1. The molecule has 8 aromatic carbocycles. The molecule has 2 aliphatic rings. The zero-order valence-electron chi connectivity index (χ0n) is 28.6. The number of nitrogens with zero attached hydrogens (tertiary/aromatic N) is 3. The summed E-state index contributed by atoms with van der Waals surface area (Å²) in [6, 6.07) is 65.9. The first-order valence-electron chi connectivity index (χ1n) is 17.9. The molecule has 0 atom stereocenters. The fourth-order valence-corrected chi connectivity index (χ4v) is 8.05. The van der Waals surface area contributed by atoms with Gasteiger partial charge in [-0.2, -0.15) is 0 Å². The predicted molar refractivity (Wildman–Crippen MR) is 216 cm³/mol. The number of hydrogen-bond acceptors (Lipinski definition) is 4. The van der Waals surface area contributed by atoms with E-state index in [4.69, 9.17) is 9.47 Å². The highest BCUT2D eigenvalue weighted by Crippen LogP contribution is 2.61. The summed E-state index contributed by atoms with van der Waals surface area (Å²) >= 11 is 0. The maximum atomic E-state index is 6.75. The maximum absolute atomic E-state index is 6.75. The van der Waals surface area contributed by atoms with Crippen LogP contribution >= 0.6 is 0 Å². The van der Waals surface area contributed by atoms with Crippen LogP contribution in [-0.4, -0.2) is 4.57 Å². The van der Waals surface area contributed by atoms with Gasteiger partial charge in [-0.1, -0.05) is 109 Å². The molecule has 5 nitrogen and oxygen atoms in total. The minimum Gasteiger partial charge on any atom is -0.453 e. The van der Waals surface area contributed by atoms with Crippen LogP contribution in [0.5, 0.6) is 23.0 Å². The highest BCUT2D eigenvalue weighted by Gasteiger charge is 2.36. The highest BCUT2D eigenvalue weighted by atomic mass is 16.5. The normalized spacial score (nSPS) is 12.4. The van der Waals surface area contributed by atoms with Gasteiger partial charge in [0.25, 0.3) is 0 Å². The molecule has 2 aliphatic heterocycles. The van der Waals surface area contributed by atoms with Crippen LogP contribution < -0.4 is 19.3 Å². The van der Waals surface area contributed by atoms with Gasteiger partial charge in [0.15, 0.2) is 23.0 Å². The van der Waals surface area contributed by atoms with Crippen LogP contribution in [0.15, 0.2) is 188 Å². The maximum Gasteiger partial charge on any atom is 0.157 e. The van der Waals surface area contributed by atoms with Crippen molar-refractivity contribution in [3.8, 4) is 39.8 Å². The first-order chi connectivity index (χ1) is 26.3. The molecule has 0 bridgehead atoms. The Labute approximate surface area is 306 Å². The zero-order chi connectivity index (χ0) is 34.9. The number of ether oxygens (including phenoxy) is 2. The van der Waals surface area contributed by atoms with Crippen molar-refractivity contribution in [3.63, 3.8) is 0 Å². The van der Waals surface area contributed by atoms with Gasteiger partial charge in [-0.05, 0) is 72.3 Å². The Morgan fingerprint density at radius 3 is 1.74 bits per heavy atom. The van der Waals surface area contributed by atoms with Gasteiger partial charge in [-0.25, -0.2) is 0 Å². The van der Waals surface area contributed by atoms with Crippen LogP contribution in [0.1, 0.15) is 0 Å². The predicted octanol–water partition coefficient (Wildman–Crippen LogP) is 13.6. The molecule has 53 heavy (non-hydrogen) atoms. The molecule has 0 amide bonds. The lowest BCUT2D eigenvalue weighted by Gasteiger charge is -2.39. The molecule has 0 saturated carbocycles. The molecule has 0 fully saturated rings. The smallest absolute Gasteiger partial charge is 0.157 e. The van der Waals surface area contributed by atoms with Gasteiger partial charge in [-0.3, -0.25) is 4.90 Å². The molecule has 0 radical (unpaired) electrons. The minimum atomic E-state index is 0.731. The highest BCUT2D eigenvalue weighted by molar-refractivity contribution is 6.11. The minimum absolute atomic E-state index is 0.731. The van der Waals surface area contributed by atoms with Crippen molar-refractivity contribution in [2.24, 2.45) is 0 Å². The van der Waals surface area contributed by atoms with E-state index in [2.05, 4.69) is 166 Å². The SMILES string of the molecule is c1ccc(-c2ccccc2N(c2cc3c4c(c2)Oc2ccccc2N4c2ccccc2O3)c2ccc3c(c2)c2ccccc2n3-c2ccccc2)cc1. The first-order valence-corrected chi connectivity index (χ1v) is 17.9. The van der Waals surface area contributed by atoms with E-state index >= 15 is 0 Å². The average molecular weight is 682 g/mol. The number of anilines is 6. The molecule has 0 spiro atoms. The summed E-state index contributed by atoms with van der Waals surface area (Å²) < 4.78 is 15.8. The van der Waals surface area contributed by atoms with Crippen LogP contribution in [0, 0.1) is 0 Å². The molecule has 250 valence electrons. The number of para-hydroxylation sites is 7. The zero-order valence-corrected chi connectivity index (χ0v) is 28.6. The summed E-state index contributed by atoms with van der Waals surface area (Å²) in [5, 5.41) is 2.37. The topological polar surface area (TPSA) is 29.9 Å². The van der Waals surface area contributed by atoms with Crippen LogP contribution in [0.4, 0.5) is 34.1 Å². The van der Waals surface area contributed by atoms with Crippen molar-refractivity contribution in [1.29, 1.82) is 0 Å². The Hall–Kier alpha value is -7.24. The van der Waals surface area contributed by atoms with Crippen molar-refractivity contribution in [3.05, 3.63) is 188 Å². The van der Waals surface area contributed by atoms with Crippen LogP contribution in [0.3, 0.4) is 0 Å². The molecule has 0 unspecified atom stereocenters. The number of hydrogen-bond donors (Lipinski definition) is 0. The molecule has 5 heteroatoms. The summed E-state index contributed by atoms with van der Waals surface area (Å²) in [5.74, 6) is 3.06. The van der Waals surface area contributed by atoms with Crippen molar-refractivity contribution >= 4 is 55.9 Å². The van der Waals surface area contributed by atoms with E-state index in [1.54, 1.807) is 0 Å². The van der Waals surface area contributed by atoms with E-state index in [9.17, 15) is 0 Å². The van der Waals surface area contributed by atoms with Crippen LogP contribution in [0.2, 0.25) is 0 Å². The second kappa shape index (κ2) is 11.7. The third kappa shape index (κ3) is 4.57. The summed E-state index contributed by atoms with van der Waals surface area (Å²) in [6.07, 6.45) is 0. The number of fused-ring (bicyclic) bond motifs is 7. The van der Waals surface area contributed by atoms with E-state index in [0.29, 0.717) is 0 Å². The van der Waals surface area contributed by atoms with E-state index in [-0.39, 0.29) is 0 Å². The monoisotopic (exact) mass is 681 g/mol. The molecule has 0 aliphatic carbocycles. The molecule has 0 N–H and O–H groups in total. The molecule has 9 aromatic rings. The van der Waals surface area contributed by atoms with Gasteiger partial charge in [-0.15, -0.1) is 0 Å². The second-order valence-electron chi connectivity index (χ2n) is 13.4. The van der Waals surface area contributed by atoms with Crippen molar-refractivity contribution in [2.45, 2.75) is 0 Å². The van der Waals surface area contributed by atoms with Crippen molar-refractivity contribution < 1.29 is 9.47 Å². The van der Waals surface area contributed by atoms with Crippen molar-refractivity contribution in [2.75, 3.05) is 9.80 Å². The van der Waals surface area contributed by atoms with E-state index < -0.39 is 0 Å². The molecule has 11 rings (SSSR count). The Balaban J connectivity index is 1.18. The molecule has 1 aromatic heterocycles.